The molecule has 2 rings (SSSR count). The summed E-state index contributed by atoms with van der Waals surface area (Å²) in [4.78, 5) is 12.4. The summed E-state index contributed by atoms with van der Waals surface area (Å²) < 4.78 is 0. The molecule has 1 saturated carbocycles. The third kappa shape index (κ3) is 3.64. The maximum Gasteiger partial charge on any atom is 0.253 e. The Bertz CT molecular complexity index is 479. The van der Waals surface area contributed by atoms with E-state index in [1.807, 2.05) is 6.92 Å². The highest BCUT2D eigenvalue weighted by atomic mass is 35.5. The number of aliphatic hydroxyl groups is 1. The van der Waals surface area contributed by atoms with Crippen LogP contribution in [0.25, 0.3) is 0 Å². The number of amides is 1. The van der Waals surface area contributed by atoms with E-state index in [9.17, 15) is 9.90 Å². The van der Waals surface area contributed by atoms with Crippen LogP contribution < -0.4 is 10.6 Å². The summed E-state index contributed by atoms with van der Waals surface area (Å²) in [5.74, 6) is -0.186. The van der Waals surface area contributed by atoms with E-state index in [0.29, 0.717) is 10.6 Å². The van der Waals surface area contributed by atoms with Crippen LogP contribution in [0.2, 0.25) is 5.02 Å². The highest BCUT2D eigenvalue weighted by molar-refractivity contribution is 6.31. The van der Waals surface area contributed by atoms with Gasteiger partial charge in [0.05, 0.1) is 17.7 Å². The predicted octanol–water partition coefficient (Wildman–Crippen LogP) is 2.81. The van der Waals surface area contributed by atoms with E-state index in [1.165, 1.54) is 0 Å². The van der Waals surface area contributed by atoms with Gasteiger partial charge in [0, 0.05) is 17.3 Å². The summed E-state index contributed by atoms with van der Waals surface area (Å²) in [6.45, 7) is 2.70. The summed E-state index contributed by atoms with van der Waals surface area (Å²) in [5, 5.41) is 16.5. The lowest BCUT2D eigenvalue weighted by atomic mass is 9.92. The molecule has 1 aromatic carbocycles. The fourth-order valence-electron chi connectivity index (χ4n) is 2.57. The van der Waals surface area contributed by atoms with Crippen LogP contribution in [-0.4, -0.2) is 29.7 Å². The molecule has 2 atom stereocenters. The van der Waals surface area contributed by atoms with Crippen molar-refractivity contribution in [1.82, 2.24) is 5.32 Å². The number of carbonyl (C=O) groups excluding carboxylic acids is 1. The molecule has 0 heterocycles. The van der Waals surface area contributed by atoms with E-state index in [0.717, 1.165) is 37.9 Å². The minimum absolute atomic E-state index is 0.162. The highest BCUT2D eigenvalue weighted by Gasteiger charge is 2.25. The first kappa shape index (κ1) is 15.1. The topological polar surface area (TPSA) is 61.4 Å². The Labute approximate surface area is 124 Å². The molecule has 1 fully saturated rings. The Balaban J connectivity index is 2.13. The predicted molar refractivity (Wildman–Crippen MR) is 81.3 cm³/mol. The lowest BCUT2D eigenvalue weighted by Gasteiger charge is -2.28. The van der Waals surface area contributed by atoms with Crippen molar-refractivity contribution in [2.75, 3.05) is 11.9 Å². The number of aliphatic hydroxyl groups excluding tert-OH is 1. The molecule has 0 aromatic heterocycles. The summed E-state index contributed by atoms with van der Waals surface area (Å²) in [6, 6.07) is 5.05. The zero-order valence-corrected chi connectivity index (χ0v) is 12.4. The minimum Gasteiger partial charge on any atom is -0.391 e. The second kappa shape index (κ2) is 6.95. The standard InChI is InChI=1S/C15H21ClN2O2/c1-2-17-12-8-7-10(16)9-11(12)15(20)18-13-5-3-4-6-14(13)19/h7-9,13-14,17,19H,2-6H2,1H3,(H,18,20). The van der Waals surface area contributed by atoms with Gasteiger partial charge in [0.15, 0.2) is 0 Å². The molecule has 2 unspecified atom stereocenters. The molecule has 1 amide bonds. The Morgan fingerprint density at radius 3 is 2.85 bits per heavy atom. The number of hydrogen-bond donors (Lipinski definition) is 3. The number of benzene rings is 1. The van der Waals surface area contributed by atoms with Crippen LogP contribution in [0.4, 0.5) is 5.69 Å². The molecule has 5 heteroatoms. The smallest absolute Gasteiger partial charge is 0.253 e. The molecule has 0 spiro atoms. The monoisotopic (exact) mass is 296 g/mol. The summed E-state index contributed by atoms with van der Waals surface area (Å²) >= 11 is 5.98. The van der Waals surface area contributed by atoms with Crippen molar-refractivity contribution in [2.45, 2.75) is 44.8 Å². The first-order valence-electron chi connectivity index (χ1n) is 7.14. The number of anilines is 1. The number of nitrogens with one attached hydrogen (secondary N) is 2. The van der Waals surface area contributed by atoms with Crippen LogP contribution in [0.15, 0.2) is 18.2 Å². The van der Waals surface area contributed by atoms with Crippen molar-refractivity contribution >= 4 is 23.2 Å². The van der Waals surface area contributed by atoms with Crippen LogP contribution in [0.5, 0.6) is 0 Å². The molecule has 1 aliphatic rings. The Morgan fingerprint density at radius 1 is 1.40 bits per heavy atom. The molecule has 1 aromatic rings. The van der Waals surface area contributed by atoms with Crippen molar-refractivity contribution in [2.24, 2.45) is 0 Å². The molecular weight excluding hydrogens is 276 g/mol. The van der Waals surface area contributed by atoms with Gasteiger partial charge in [-0.05, 0) is 38.0 Å². The molecule has 0 bridgehead atoms. The average Bonchev–Trinajstić information content (AvgIpc) is 2.43. The highest BCUT2D eigenvalue weighted by Crippen LogP contribution is 2.23. The molecule has 1 aliphatic carbocycles. The van der Waals surface area contributed by atoms with E-state index in [4.69, 9.17) is 11.6 Å². The maximum atomic E-state index is 12.4. The quantitative estimate of drug-likeness (QED) is 0.801. The fourth-order valence-corrected chi connectivity index (χ4v) is 2.75. The number of rotatable bonds is 4. The van der Waals surface area contributed by atoms with E-state index >= 15 is 0 Å². The van der Waals surface area contributed by atoms with E-state index in [2.05, 4.69) is 10.6 Å². The third-order valence-electron chi connectivity index (χ3n) is 3.64. The number of carbonyl (C=O) groups is 1. The minimum atomic E-state index is -0.450. The van der Waals surface area contributed by atoms with Crippen LogP contribution in [0, 0.1) is 0 Å². The van der Waals surface area contributed by atoms with E-state index in [1.54, 1.807) is 18.2 Å². The van der Waals surface area contributed by atoms with Crippen LogP contribution >= 0.6 is 11.6 Å². The zero-order chi connectivity index (χ0) is 14.5. The van der Waals surface area contributed by atoms with Gasteiger partial charge in [0.1, 0.15) is 0 Å². The number of halogens is 1. The molecular formula is C15H21ClN2O2. The molecule has 0 radical (unpaired) electrons. The first-order chi connectivity index (χ1) is 9.61. The van der Waals surface area contributed by atoms with Gasteiger partial charge in [0.25, 0.3) is 5.91 Å². The number of hydrogen-bond acceptors (Lipinski definition) is 3. The lowest BCUT2D eigenvalue weighted by Crippen LogP contribution is -2.45. The first-order valence-corrected chi connectivity index (χ1v) is 7.52. The second-order valence-electron chi connectivity index (χ2n) is 5.15. The van der Waals surface area contributed by atoms with Gasteiger partial charge in [-0.15, -0.1) is 0 Å². The Morgan fingerprint density at radius 2 is 2.15 bits per heavy atom. The Hall–Kier alpha value is -1.26. The second-order valence-corrected chi connectivity index (χ2v) is 5.59. The molecule has 20 heavy (non-hydrogen) atoms. The molecule has 0 aliphatic heterocycles. The van der Waals surface area contributed by atoms with Crippen molar-refractivity contribution in [3.05, 3.63) is 28.8 Å². The largest absolute Gasteiger partial charge is 0.391 e. The van der Waals surface area contributed by atoms with Gasteiger partial charge in [-0.25, -0.2) is 0 Å². The van der Waals surface area contributed by atoms with E-state index < -0.39 is 6.10 Å². The Kier molecular flexibility index (Phi) is 5.26. The van der Waals surface area contributed by atoms with Gasteiger partial charge < -0.3 is 15.7 Å². The SMILES string of the molecule is CCNc1ccc(Cl)cc1C(=O)NC1CCCCC1O. The van der Waals surface area contributed by atoms with Crippen LogP contribution in [0.3, 0.4) is 0 Å². The molecule has 3 N–H and O–H groups in total. The zero-order valence-electron chi connectivity index (χ0n) is 11.7. The lowest BCUT2D eigenvalue weighted by molar-refractivity contribution is 0.0718. The molecule has 110 valence electrons. The van der Waals surface area contributed by atoms with Gasteiger partial charge >= 0.3 is 0 Å². The van der Waals surface area contributed by atoms with Crippen LogP contribution in [-0.2, 0) is 0 Å². The fraction of sp³-hybridized carbons (Fsp3) is 0.533. The van der Waals surface area contributed by atoms with Crippen molar-refractivity contribution in [3.8, 4) is 0 Å². The van der Waals surface area contributed by atoms with Gasteiger partial charge in [-0.2, -0.15) is 0 Å². The summed E-state index contributed by atoms with van der Waals surface area (Å²) in [6.07, 6.45) is 3.18. The summed E-state index contributed by atoms with van der Waals surface area (Å²) in [5.41, 5.74) is 1.29. The third-order valence-corrected chi connectivity index (χ3v) is 3.87. The van der Waals surface area contributed by atoms with Crippen molar-refractivity contribution < 1.29 is 9.90 Å². The van der Waals surface area contributed by atoms with E-state index in [-0.39, 0.29) is 11.9 Å². The maximum absolute atomic E-state index is 12.4. The molecule has 4 nitrogen and oxygen atoms in total. The van der Waals surface area contributed by atoms with Gasteiger partial charge in [0.2, 0.25) is 0 Å². The molecule has 0 saturated heterocycles. The van der Waals surface area contributed by atoms with Gasteiger partial charge in [-0.1, -0.05) is 24.4 Å². The van der Waals surface area contributed by atoms with Crippen molar-refractivity contribution in [1.29, 1.82) is 0 Å². The van der Waals surface area contributed by atoms with Gasteiger partial charge in [-0.3, -0.25) is 4.79 Å². The van der Waals surface area contributed by atoms with Crippen molar-refractivity contribution in [3.63, 3.8) is 0 Å². The summed E-state index contributed by atoms with van der Waals surface area (Å²) in [7, 11) is 0. The normalized spacial score (nSPS) is 22.4. The average molecular weight is 297 g/mol. The van der Waals surface area contributed by atoms with Crippen LogP contribution in [0.1, 0.15) is 43.0 Å².